The Bertz CT molecular complexity index is 768. The van der Waals surface area contributed by atoms with Gasteiger partial charge in [-0.1, -0.05) is 11.6 Å². The maximum absolute atomic E-state index is 13.8. The Labute approximate surface area is 177 Å². The van der Waals surface area contributed by atoms with Crippen molar-refractivity contribution in [2.75, 3.05) is 39.8 Å². The number of carbonyl (C=O) groups excluding carboxylic acids is 1. The van der Waals surface area contributed by atoms with Gasteiger partial charge in [0.15, 0.2) is 0 Å². The first-order valence-electron chi connectivity index (χ1n) is 9.88. The number of piperazine rings is 1. The summed E-state index contributed by atoms with van der Waals surface area (Å²) in [7, 11) is 1.99. The predicted octanol–water partition coefficient (Wildman–Crippen LogP) is 4.28. The fourth-order valence-corrected chi connectivity index (χ4v) is 4.45. The van der Waals surface area contributed by atoms with E-state index < -0.39 is 29.1 Å². The van der Waals surface area contributed by atoms with Crippen LogP contribution in [0.4, 0.5) is 22.0 Å². The molecule has 168 valence electrons. The Morgan fingerprint density at radius 3 is 2.23 bits per heavy atom. The summed E-state index contributed by atoms with van der Waals surface area (Å²) in [5, 5.41) is 2.44. The van der Waals surface area contributed by atoms with Gasteiger partial charge in [0.2, 0.25) is 5.92 Å². The maximum atomic E-state index is 13.8. The number of nitrogens with one attached hydrogen (secondary N) is 1. The summed E-state index contributed by atoms with van der Waals surface area (Å²) in [6.45, 7) is 3.16. The summed E-state index contributed by atoms with van der Waals surface area (Å²) in [4.78, 5) is 16.9. The number of nitrogens with zero attached hydrogens (tertiary/aromatic N) is 2. The smallest absolute Gasteiger partial charge is 0.350 e. The number of halogens is 6. The van der Waals surface area contributed by atoms with Crippen LogP contribution in [0.15, 0.2) is 18.2 Å². The molecule has 0 atom stereocenters. The zero-order chi connectivity index (χ0) is 22.2. The van der Waals surface area contributed by atoms with Crippen LogP contribution in [0.5, 0.6) is 0 Å². The molecular formula is C20H25ClF5N3O. The molecule has 0 radical (unpaired) electrons. The topological polar surface area (TPSA) is 35.6 Å². The molecular weight excluding hydrogens is 429 g/mol. The molecule has 1 aromatic rings. The number of rotatable bonds is 4. The first kappa shape index (κ1) is 23.2. The molecule has 2 aliphatic rings. The number of alkyl halides is 5. The molecule has 1 heterocycles. The monoisotopic (exact) mass is 453 g/mol. The standard InChI is InChI=1S/C20H25ClF5N3O/c1-28-8-10-29(11-9-28)18(4-6-19(22,23)7-5-18)13-27-17(30)15-3-2-14(12-16(15)21)20(24,25)26/h2-3,12H,4-11,13H2,1H3,(H,27,30). The van der Waals surface area contributed by atoms with Crippen LogP contribution in [0.1, 0.15) is 41.6 Å². The number of amides is 1. The van der Waals surface area contributed by atoms with Gasteiger partial charge >= 0.3 is 6.18 Å². The minimum Gasteiger partial charge on any atom is -0.350 e. The molecule has 1 amide bonds. The maximum Gasteiger partial charge on any atom is 0.416 e. The number of hydrogen-bond donors (Lipinski definition) is 1. The van der Waals surface area contributed by atoms with Crippen LogP contribution in [0, 0.1) is 0 Å². The number of benzene rings is 1. The van der Waals surface area contributed by atoms with Crippen LogP contribution in [-0.2, 0) is 6.18 Å². The van der Waals surface area contributed by atoms with E-state index in [1.165, 1.54) is 0 Å². The van der Waals surface area contributed by atoms with E-state index in [0.29, 0.717) is 19.2 Å². The van der Waals surface area contributed by atoms with Crippen molar-refractivity contribution in [2.45, 2.75) is 43.3 Å². The summed E-state index contributed by atoms with van der Waals surface area (Å²) in [5.41, 5.74) is -1.61. The number of likely N-dealkylation sites (N-methyl/N-ethyl adjacent to an activating group) is 1. The van der Waals surface area contributed by atoms with Crippen molar-refractivity contribution in [1.82, 2.24) is 15.1 Å². The fraction of sp³-hybridized carbons (Fsp3) is 0.650. The molecule has 1 saturated heterocycles. The molecule has 10 heteroatoms. The Hall–Kier alpha value is -1.45. The van der Waals surface area contributed by atoms with Crippen molar-refractivity contribution in [1.29, 1.82) is 0 Å². The SMILES string of the molecule is CN1CCN(C2(CNC(=O)c3ccc(C(F)(F)F)cc3Cl)CCC(F)(F)CC2)CC1. The van der Waals surface area contributed by atoms with E-state index in [1.54, 1.807) is 0 Å². The lowest BCUT2D eigenvalue weighted by atomic mass is 9.78. The Morgan fingerprint density at radius 1 is 1.10 bits per heavy atom. The van der Waals surface area contributed by atoms with Crippen LogP contribution in [-0.4, -0.2) is 66.9 Å². The summed E-state index contributed by atoms with van der Waals surface area (Å²) in [5.74, 6) is -3.32. The molecule has 0 unspecified atom stereocenters. The largest absolute Gasteiger partial charge is 0.416 e. The minimum atomic E-state index is -4.56. The van der Waals surface area contributed by atoms with Crippen molar-refractivity contribution < 1.29 is 26.7 Å². The van der Waals surface area contributed by atoms with E-state index in [-0.39, 0.29) is 42.8 Å². The second kappa shape index (κ2) is 8.59. The first-order chi connectivity index (χ1) is 13.9. The first-order valence-corrected chi connectivity index (χ1v) is 10.3. The van der Waals surface area contributed by atoms with E-state index in [2.05, 4.69) is 15.1 Å². The normalized spacial score (nSPS) is 22.6. The van der Waals surface area contributed by atoms with E-state index in [4.69, 9.17) is 11.6 Å². The van der Waals surface area contributed by atoms with E-state index in [9.17, 15) is 26.7 Å². The molecule has 0 aromatic heterocycles. The highest BCUT2D eigenvalue weighted by Gasteiger charge is 2.47. The fourth-order valence-electron chi connectivity index (χ4n) is 4.18. The van der Waals surface area contributed by atoms with Crippen molar-refractivity contribution in [3.05, 3.63) is 34.3 Å². The lowest BCUT2D eigenvalue weighted by molar-refractivity contribution is -0.137. The summed E-state index contributed by atoms with van der Waals surface area (Å²) in [6, 6.07) is 2.56. The molecule has 1 aliphatic heterocycles. The van der Waals surface area contributed by atoms with Crippen molar-refractivity contribution in [3.63, 3.8) is 0 Å². The lowest BCUT2D eigenvalue weighted by Gasteiger charge is -2.50. The zero-order valence-corrected chi connectivity index (χ0v) is 17.4. The molecule has 3 rings (SSSR count). The third-order valence-electron chi connectivity index (χ3n) is 6.21. The van der Waals surface area contributed by atoms with Crippen molar-refractivity contribution in [2.24, 2.45) is 0 Å². The Kier molecular flexibility index (Phi) is 6.65. The van der Waals surface area contributed by atoms with Crippen LogP contribution in [0.3, 0.4) is 0 Å². The van der Waals surface area contributed by atoms with Crippen molar-refractivity contribution >= 4 is 17.5 Å². The second-order valence-corrected chi connectivity index (χ2v) is 8.65. The van der Waals surface area contributed by atoms with Gasteiger partial charge in [-0.15, -0.1) is 0 Å². The van der Waals surface area contributed by atoms with E-state index >= 15 is 0 Å². The number of hydrogen-bond acceptors (Lipinski definition) is 3. The molecule has 2 fully saturated rings. The second-order valence-electron chi connectivity index (χ2n) is 8.25. The summed E-state index contributed by atoms with van der Waals surface area (Å²) < 4.78 is 66.0. The van der Waals surface area contributed by atoms with Gasteiger partial charge < -0.3 is 10.2 Å². The summed E-state index contributed by atoms with van der Waals surface area (Å²) >= 11 is 5.91. The Balaban J connectivity index is 1.73. The summed E-state index contributed by atoms with van der Waals surface area (Å²) in [6.07, 6.45) is -4.58. The molecule has 1 N–H and O–H groups in total. The van der Waals surface area contributed by atoms with Crippen LogP contribution >= 0.6 is 11.6 Å². The molecule has 1 aliphatic carbocycles. The van der Waals surface area contributed by atoms with Crippen molar-refractivity contribution in [3.8, 4) is 0 Å². The molecule has 30 heavy (non-hydrogen) atoms. The van der Waals surface area contributed by atoms with E-state index in [0.717, 1.165) is 25.2 Å². The van der Waals surface area contributed by atoms with E-state index in [1.807, 2.05) is 7.05 Å². The average molecular weight is 454 g/mol. The van der Waals surface area contributed by atoms with Gasteiger partial charge in [-0.2, -0.15) is 13.2 Å². The van der Waals surface area contributed by atoms with Gasteiger partial charge in [0, 0.05) is 51.1 Å². The molecule has 0 bridgehead atoms. The van der Waals surface area contributed by atoms with Gasteiger partial charge in [-0.25, -0.2) is 8.78 Å². The van der Waals surface area contributed by atoms with Gasteiger partial charge in [-0.05, 0) is 38.1 Å². The van der Waals surface area contributed by atoms with Gasteiger partial charge in [0.1, 0.15) is 0 Å². The molecule has 1 aromatic carbocycles. The van der Waals surface area contributed by atoms with Crippen LogP contribution in [0.25, 0.3) is 0 Å². The van der Waals surface area contributed by atoms with Crippen LogP contribution < -0.4 is 5.32 Å². The predicted molar refractivity (Wildman–Crippen MR) is 104 cm³/mol. The highest BCUT2D eigenvalue weighted by atomic mass is 35.5. The van der Waals surface area contributed by atoms with Crippen LogP contribution in [0.2, 0.25) is 5.02 Å². The third kappa shape index (κ3) is 5.23. The molecule has 1 saturated carbocycles. The third-order valence-corrected chi connectivity index (χ3v) is 6.52. The van der Waals surface area contributed by atoms with Gasteiger partial charge in [0.05, 0.1) is 16.1 Å². The highest BCUT2D eigenvalue weighted by molar-refractivity contribution is 6.33. The molecule has 0 spiro atoms. The minimum absolute atomic E-state index is 0.0701. The molecule has 4 nitrogen and oxygen atoms in total. The zero-order valence-electron chi connectivity index (χ0n) is 16.7. The quantitative estimate of drug-likeness (QED) is 0.691. The lowest BCUT2D eigenvalue weighted by Crippen LogP contribution is -2.62. The van der Waals surface area contributed by atoms with Gasteiger partial charge in [-0.3, -0.25) is 9.69 Å². The van der Waals surface area contributed by atoms with Gasteiger partial charge in [0.25, 0.3) is 5.91 Å². The Morgan fingerprint density at radius 2 is 1.70 bits per heavy atom. The average Bonchev–Trinajstić information content (AvgIpc) is 2.67. The highest BCUT2D eigenvalue weighted by Crippen LogP contribution is 2.41. The number of carbonyl (C=O) groups is 1.